The van der Waals surface area contributed by atoms with Crippen LogP contribution in [0.1, 0.15) is 12.7 Å². The zero-order valence-electron chi connectivity index (χ0n) is 19.8. The number of imidazole rings is 1. The second-order valence-electron chi connectivity index (χ2n) is 8.45. The van der Waals surface area contributed by atoms with Gasteiger partial charge in [-0.1, -0.05) is 0 Å². The van der Waals surface area contributed by atoms with E-state index in [2.05, 4.69) is 15.2 Å². The number of hydrogen-bond donors (Lipinski definition) is 1. The van der Waals surface area contributed by atoms with Crippen molar-refractivity contribution in [3.05, 3.63) is 78.3 Å². The molecule has 2 amide bonds. The minimum Gasteiger partial charge on any atom is -0.494 e. The van der Waals surface area contributed by atoms with Crippen LogP contribution in [-0.4, -0.2) is 63.2 Å². The summed E-state index contributed by atoms with van der Waals surface area (Å²) in [5, 5.41) is 2.47. The number of amides is 2. The van der Waals surface area contributed by atoms with E-state index in [1.54, 1.807) is 11.1 Å². The number of carbonyl (C=O) groups excluding carboxylic acids is 1. The number of carbonyl (C=O) groups is 1. The van der Waals surface area contributed by atoms with E-state index in [4.69, 9.17) is 9.72 Å². The molecule has 0 saturated carbocycles. The third-order valence-corrected chi connectivity index (χ3v) is 6.09. The second-order valence-corrected chi connectivity index (χ2v) is 8.45. The monoisotopic (exact) mass is 492 g/mol. The number of benzene rings is 2. The number of nitrogens with one attached hydrogen (secondary N) is 1. The van der Waals surface area contributed by atoms with Crippen LogP contribution in [0.3, 0.4) is 0 Å². The summed E-state index contributed by atoms with van der Waals surface area (Å²) in [6, 6.07) is 14.1. The molecule has 36 heavy (non-hydrogen) atoms. The summed E-state index contributed by atoms with van der Waals surface area (Å²) in [6.07, 6.45) is 1.75. The van der Waals surface area contributed by atoms with Gasteiger partial charge in [0.1, 0.15) is 28.7 Å². The van der Waals surface area contributed by atoms with Gasteiger partial charge in [0, 0.05) is 44.1 Å². The fraction of sp³-hybridized carbons (Fsp3) is 0.269. The fourth-order valence-electron chi connectivity index (χ4n) is 4.29. The second kappa shape index (κ2) is 10.3. The molecule has 1 fully saturated rings. The van der Waals surface area contributed by atoms with Crippen LogP contribution in [0, 0.1) is 11.6 Å². The largest absolute Gasteiger partial charge is 0.494 e. The lowest BCUT2D eigenvalue weighted by Crippen LogP contribution is -2.49. The van der Waals surface area contributed by atoms with Crippen molar-refractivity contribution in [2.45, 2.75) is 13.5 Å². The molecule has 186 valence electrons. The average molecular weight is 493 g/mol. The van der Waals surface area contributed by atoms with Crippen molar-refractivity contribution in [3.8, 4) is 11.4 Å². The smallest absolute Gasteiger partial charge is 0.322 e. The Morgan fingerprint density at radius 3 is 2.58 bits per heavy atom. The first-order valence-electron chi connectivity index (χ1n) is 11.8. The maximum atomic E-state index is 13.9. The van der Waals surface area contributed by atoms with Crippen molar-refractivity contribution < 1.29 is 18.3 Å². The topological polar surface area (TPSA) is 75.5 Å². The van der Waals surface area contributed by atoms with Crippen LogP contribution in [-0.2, 0) is 6.54 Å². The molecule has 0 spiro atoms. The van der Waals surface area contributed by atoms with Crippen LogP contribution in [0.5, 0.6) is 5.75 Å². The number of pyridine rings is 1. The predicted molar refractivity (Wildman–Crippen MR) is 132 cm³/mol. The lowest BCUT2D eigenvalue weighted by Gasteiger charge is -2.34. The standard InChI is InChI=1S/C26H26F2N6O2/c1-2-36-20-8-6-19(7-9-20)34-24(30-22-4-3-11-29-25(22)34)17-32-12-14-33(15-13-32)26(35)31-23-16-18(27)5-10-21(23)28/h3-11,16H,2,12-15,17H2,1H3,(H,31,35). The molecule has 0 unspecified atom stereocenters. The summed E-state index contributed by atoms with van der Waals surface area (Å²) in [4.78, 5) is 25.8. The summed E-state index contributed by atoms with van der Waals surface area (Å²) >= 11 is 0. The zero-order valence-corrected chi connectivity index (χ0v) is 19.8. The molecule has 0 atom stereocenters. The van der Waals surface area contributed by atoms with Gasteiger partial charge in [0.25, 0.3) is 0 Å². The number of piperazine rings is 1. The number of nitrogens with zero attached hydrogens (tertiary/aromatic N) is 5. The number of anilines is 1. The molecule has 4 aromatic rings. The Labute approximate surface area is 207 Å². The van der Waals surface area contributed by atoms with Gasteiger partial charge in [0.2, 0.25) is 0 Å². The van der Waals surface area contributed by atoms with Crippen molar-refractivity contribution in [2.24, 2.45) is 0 Å². The Morgan fingerprint density at radius 1 is 1.06 bits per heavy atom. The van der Waals surface area contributed by atoms with E-state index in [9.17, 15) is 13.6 Å². The fourth-order valence-corrected chi connectivity index (χ4v) is 4.29. The number of urea groups is 1. The molecule has 0 aliphatic carbocycles. The van der Waals surface area contributed by atoms with Crippen LogP contribution in [0.4, 0.5) is 19.3 Å². The van der Waals surface area contributed by atoms with Crippen molar-refractivity contribution in [3.63, 3.8) is 0 Å². The van der Waals surface area contributed by atoms with Crippen molar-refractivity contribution in [1.29, 1.82) is 0 Å². The minimum absolute atomic E-state index is 0.168. The summed E-state index contributed by atoms with van der Waals surface area (Å²) in [7, 11) is 0. The number of ether oxygens (including phenoxy) is 1. The third-order valence-electron chi connectivity index (χ3n) is 6.09. The normalized spacial score (nSPS) is 14.2. The van der Waals surface area contributed by atoms with Gasteiger partial charge < -0.3 is 15.0 Å². The van der Waals surface area contributed by atoms with Crippen LogP contribution in [0.15, 0.2) is 60.8 Å². The maximum absolute atomic E-state index is 13.9. The maximum Gasteiger partial charge on any atom is 0.322 e. The Kier molecular flexibility index (Phi) is 6.77. The van der Waals surface area contributed by atoms with E-state index < -0.39 is 17.7 Å². The highest BCUT2D eigenvalue weighted by atomic mass is 19.1. The molecule has 2 aromatic carbocycles. The average Bonchev–Trinajstić information content (AvgIpc) is 3.25. The van der Waals surface area contributed by atoms with Crippen molar-refractivity contribution >= 4 is 22.9 Å². The van der Waals surface area contributed by atoms with Gasteiger partial charge in [0.05, 0.1) is 18.8 Å². The molecule has 2 aromatic heterocycles. The van der Waals surface area contributed by atoms with E-state index in [1.807, 2.05) is 47.9 Å². The van der Waals surface area contributed by atoms with Crippen LogP contribution in [0.2, 0.25) is 0 Å². The number of hydrogen-bond acceptors (Lipinski definition) is 5. The minimum atomic E-state index is -0.676. The number of fused-ring (bicyclic) bond motifs is 1. The first-order valence-corrected chi connectivity index (χ1v) is 11.8. The molecule has 3 heterocycles. The lowest BCUT2D eigenvalue weighted by molar-refractivity contribution is 0.140. The lowest BCUT2D eigenvalue weighted by atomic mass is 10.2. The highest BCUT2D eigenvalue weighted by Gasteiger charge is 2.24. The van der Waals surface area contributed by atoms with Gasteiger partial charge in [0.15, 0.2) is 5.65 Å². The van der Waals surface area contributed by atoms with E-state index in [0.717, 1.165) is 46.6 Å². The molecule has 5 rings (SSSR count). The first-order chi connectivity index (χ1) is 17.5. The Hall–Kier alpha value is -4.05. The molecule has 1 N–H and O–H groups in total. The Balaban J connectivity index is 1.29. The van der Waals surface area contributed by atoms with E-state index in [1.165, 1.54) is 0 Å². The van der Waals surface area contributed by atoms with E-state index in [0.29, 0.717) is 39.3 Å². The molecular formula is C26H26F2N6O2. The van der Waals surface area contributed by atoms with Gasteiger partial charge in [-0.3, -0.25) is 9.47 Å². The Morgan fingerprint density at radius 2 is 1.83 bits per heavy atom. The van der Waals surface area contributed by atoms with Crippen LogP contribution in [0.25, 0.3) is 16.9 Å². The Bertz CT molecular complexity index is 1370. The van der Waals surface area contributed by atoms with Crippen LogP contribution >= 0.6 is 0 Å². The number of rotatable bonds is 6. The van der Waals surface area contributed by atoms with E-state index in [-0.39, 0.29) is 5.69 Å². The summed E-state index contributed by atoms with van der Waals surface area (Å²) < 4.78 is 34.9. The van der Waals surface area contributed by atoms with E-state index >= 15 is 0 Å². The molecule has 10 heteroatoms. The number of halogens is 2. The summed E-state index contributed by atoms with van der Waals surface area (Å²) in [6.45, 7) is 5.23. The van der Waals surface area contributed by atoms with Gasteiger partial charge in [-0.15, -0.1) is 0 Å². The molecule has 8 nitrogen and oxygen atoms in total. The first kappa shape index (κ1) is 23.7. The molecule has 0 bridgehead atoms. The predicted octanol–water partition coefficient (Wildman–Crippen LogP) is 4.45. The van der Waals surface area contributed by atoms with Gasteiger partial charge >= 0.3 is 6.03 Å². The molecule has 1 saturated heterocycles. The third kappa shape index (κ3) is 4.99. The SMILES string of the molecule is CCOc1ccc(-n2c(CN3CCN(C(=O)Nc4cc(F)ccc4F)CC3)nc3cccnc32)cc1. The number of aromatic nitrogens is 3. The summed E-state index contributed by atoms with van der Waals surface area (Å²) in [5.74, 6) is 0.354. The van der Waals surface area contributed by atoms with Gasteiger partial charge in [-0.05, 0) is 55.5 Å². The highest BCUT2D eigenvalue weighted by Crippen LogP contribution is 2.24. The highest BCUT2D eigenvalue weighted by molar-refractivity contribution is 5.89. The molecule has 0 radical (unpaired) electrons. The molecular weight excluding hydrogens is 466 g/mol. The van der Waals surface area contributed by atoms with Gasteiger partial charge in [-0.2, -0.15) is 0 Å². The zero-order chi connectivity index (χ0) is 25.1. The van der Waals surface area contributed by atoms with Gasteiger partial charge in [-0.25, -0.2) is 23.5 Å². The van der Waals surface area contributed by atoms with Crippen molar-refractivity contribution in [1.82, 2.24) is 24.3 Å². The summed E-state index contributed by atoms with van der Waals surface area (Å²) in [5.41, 5.74) is 2.34. The van der Waals surface area contributed by atoms with Crippen LogP contribution < -0.4 is 10.1 Å². The quantitative estimate of drug-likeness (QED) is 0.431. The van der Waals surface area contributed by atoms with Crippen molar-refractivity contribution in [2.75, 3.05) is 38.1 Å². The molecule has 1 aliphatic heterocycles. The molecule has 1 aliphatic rings.